The van der Waals surface area contributed by atoms with Crippen molar-refractivity contribution in [3.8, 4) is 6.07 Å². The van der Waals surface area contributed by atoms with Gasteiger partial charge in [-0.3, -0.25) is 0 Å². The lowest BCUT2D eigenvalue weighted by atomic mass is 9.64. The number of nitrogens with one attached hydrogen (secondary N) is 1. The molecule has 2 aliphatic rings. The number of nitriles is 1. The van der Waals surface area contributed by atoms with Crippen LogP contribution in [-0.2, 0) is 0 Å². The average Bonchev–Trinajstić information content (AvgIpc) is 2.51. The van der Waals surface area contributed by atoms with Gasteiger partial charge in [0.1, 0.15) is 6.07 Å². The second-order valence-corrected chi connectivity index (χ2v) is 6.34. The van der Waals surface area contributed by atoms with E-state index in [1.54, 1.807) is 12.4 Å². The minimum Gasteiger partial charge on any atom is -0.365 e. The molecular weight excluding hydrogens is 248 g/mol. The van der Waals surface area contributed by atoms with Crippen LogP contribution in [0.1, 0.15) is 63.5 Å². The standard InChI is InChI=1S/C16H22N4/c17-12-14-15(19-11-10-18-14)20-13-4-8-16(9-5-13)6-2-1-3-7-16/h10-11,13H,1-9H2,(H,19,20). The summed E-state index contributed by atoms with van der Waals surface area (Å²) in [7, 11) is 0. The summed E-state index contributed by atoms with van der Waals surface area (Å²) in [6.07, 6.45) is 15.4. The first-order chi connectivity index (χ1) is 9.81. The van der Waals surface area contributed by atoms with E-state index in [4.69, 9.17) is 5.26 Å². The Kier molecular flexibility index (Phi) is 3.86. The van der Waals surface area contributed by atoms with E-state index in [2.05, 4.69) is 21.4 Å². The Balaban J connectivity index is 1.60. The largest absolute Gasteiger partial charge is 0.365 e. The predicted octanol–water partition coefficient (Wildman–Crippen LogP) is 3.65. The highest BCUT2D eigenvalue weighted by Crippen LogP contribution is 2.47. The van der Waals surface area contributed by atoms with E-state index in [0.29, 0.717) is 23.0 Å². The van der Waals surface area contributed by atoms with Crippen LogP contribution >= 0.6 is 0 Å². The van der Waals surface area contributed by atoms with E-state index >= 15 is 0 Å². The minimum atomic E-state index is 0.408. The Labute approximate surface area is 120 Å². The fourth-order valence-corrected chi connectivity index (χ4v) is 3.90. The molecule has 1 aromatic rings. The van der Waals surface area contributed by atoms with Crippen LogP contribution in [0.25, 0.3) is 0 Å². The van der Waals surface area contributed by atoms with Crippen molar-refractivity contribution in [1.29, 1.82) is 5.26 Å². The van der Waals surface area contributed by atoms with Crippen LogP contribution in [0.5, 0.6) is 0 Å². The molecule has 0 radical (unpaired) electrons. The summed E-state index contributed by atoms with van der Waals surface area (Å²) in [5.74, 6) is 0.652. The molecule has 2 aliphatic carbocycles. The summed E-state index contributed by atoms with van der Waals surface area (Å²) < 4.78 is 0. The molecule has 0 bridgehead atoms. The molecular formula is C16H22N4. The van der Waals surface area contributed by atoms with Gasteiger partial charge in [0.2, 0.25) is 0 Å². The van der Waals surface area contributed by atoms with Crippen LogP contribution in [0.4, 0.5) is 5.82 Å². The maximum Gasteiger partial charge on any atom is 0.182 e. The maximum atomic E-state index is 9.05. The summed E-state index contributed by atoms with van der Waals surface area (Å²) in [5.41, 5.74) is 1.04. The molecule has 0 amide bonds. The van der Waals surface area contributed by atoms with E-state index in [-0.39, 0.29) is 0 Å². The zero-order valence-corrected chi connectivity index (χ0v) is 11.9. The van der Waals surface area contributed by atoms with Gasteiger partial charge in [0.25, 0.3) is 0 Å². The number of nitrogens with zero attached hydrogens (tertiary/aromatic N) is 3. The quantitative estimate of drug-likeness (QED) is 0.891. The van der Waals surface area contributed by atoms with Crippen molar-refractivity contribution in [3.05, 3.63) is 18.1 Å². The number of hydrogen-bond donors (Lipinski definition) is 1. The average molecular weight is 270 g/mol. The van der Waals surface area contributed by atoms with Crippen LogP contribution < -0.4 is 5.32 Å². The van der Waals surface area contributed by atoms with Gasteiger partial charge in [-0.25, -0.2) is 9.97 Å². The summed E-state index contributed by atoms with van der Waals surface area (Å²) in [6.45, 7) is 0. The van der Waals surface area contributed by atoms with Crippen molar-refractivity contribution in [2.45, 2.75) is 63.8 Å². The molecule has 4 heteroatoms. The van der Waals surface area contributed by atoms with Crippen LogP contribution in [0.2, 0.25) is 0 Å². The highest BCUT2D eigenvalue weighted by atomic mass is 15.0. The Bertz CT molecular complexity index is 489. The SMILES string of the molecule is N#Cc1nccnc1NC1CCC2(CCCCC2)CC1. The molecule has 106 valence electrons. The molecule has 1 aromatic heterocycles. The summed E-state index contributed by atoms with van der Waals surface area (Å²) >= 11 is 0. The van der Waals surface area contributed by atoms with Gasteiger partial charge < -0.3 is 5.32 Å². The van der Waals surface area contributed by atoms with Gasteiger partial charge in [0.15, 0.2) is 11.5 Å². The zero-order valence-electron chi connectivity index (χ0n) is 11.9. The monoisotopic (exact) mass is 270 g/mol. The molecule has 2 saturated carbocycles. The van der Waals surface area contributed by atoms with Crippen LogP contribution in [0.3, 0.4) is 0 Å². The Morgan fingerprint density at radius 2 is 1.75 bits per heavy atom. The molecule has 20 heavy (non-hydrogen) atoms. The number of hydrogen-bond acceptors (Lipinski definition) is 4. The third-order valence-corrected chi connectivity index (χ3v) is 5.11. The second-order valence-electron chi connectivity index (χ2n) is 6.34. The Morgan fingerprint density at radius 1 is 1.05 bits per heavy atom. The van der Waals surface area contributed by atoms with Gasteiger partial charge in [-0.15, -0.1) is 0 Å². The number of anilines is 1. The lowest BCUT2D eigenvalue weighted by Crippen LogP contribution is -2.35. The van der Waals surface area contributed by atoms with E-state index in [9.17, 15) is 0 Å². The van der Waals surface area contributed by atoms with Gasteiger partial charge >= 0.3 is 0 Å². The van der Waals surface area contributed by atoms with Crippen molar-refractivity contribution < 1.29 is 0 Å². The van der Waals surface area contributed by atoms with Crippen molar-refractivity contribution in [2.24, 2.45) is 5.41 Å². The smallest absolute Gasteiger partial charge is 0.182 e. The number of rotatable bonds is 2. The first-order valence-corrected chi connectivity index (χ1v) is 7.79. The molecule has 0 unspecified atom stereocenters. The van der Waals surface area contributed by atoms with E-state index in [0.717, 1.165) is 0 Å². The molecule has 3 rings (SSSR count). The molecule has 0 aliphatic heterocycles. The fraction of sp³-hybridized carbons (Fsp3) is 0.688. The summed E-state index contributed by atoms with van der Waals surface area (Å²) in [5, 5.41) is 12.5. The summed E-state index contributed by atoms with van der Waals surface area (Å²) in [4.78, 5) is 8.31. The van der Waals surface area contributed by atoms with Crippen molar-refractivity contribution >= 4 is 5.82 Å². The molecule has 1 spiro atoms. The van der Waals surface area contributed by atoms with Crippen molar-refractivity contribution in [1.82, 2.24) is 9.97 Å². The molecule has 0 saturated heterocycles. The molecule has 1 N–H and O–H groups in total. The minimum absolute atomic E-state index is 0.408. The fourth-order valence-electron chi connectivity index (χ4n) is 3.90. The van der Waals surface area contributed by atoms with Crippen LogP contribution in [-0.4, -0.2) is 16.0 Å². The topological polar surface area (TPSA) is 61.6 Å². The molecule has 1 heterocycles. The van der Waals surface area contributed by atoms with Crippen LogP contribution in [0.15, 0.2) is 12.4 Å². The Morgan fingerprint density at radius 3 is 2.45 bits per heavy atom. The zero-order chi connectivity index (χ0) is 13.8. The highest BCUT2D eigenvalue weighted by molar-refractivity contribution is 5.47. The summed E-state index contributed by atoms with van der Waals surface area (Å²) in [6, 6.07) is 2.56. The lowest BCUT2D eigenvalue weighted by Gasteiger charge is -2.43. The van der Waals surface area contributed by atoms with Crippen molar-refractivity contribution in [3.63, 3.8) is 0 Å². The third kappa shape index (κ3) is 2.77. The van der Waals surface area contributed by atoms with Gasteiger partial charge in [-0.1, -0.05) is 19.3 Å². The van der Waals surface area contributed by atoms with Crippen molar-refractivity contribution in [2.75, 3.05) is 5.32 Å². The Hall–Kier alpha value is -1.63. The first kappa shape index (κ1) is 13.4. The third-order valence-electron chi connectivity index (χ3n) is 5.11. The van der Waals surface area contributed by atoms with Gasteiger partial charge in [-0.2, -0.15) is 5.26 Å². The van der Waals surface area contributed by atoms with Gasteiger partial charge in [0, 0.05) is 18.4 Å². The van der Waals surface area contributed by atoms with Gasteiger partial charge in [-0.05, 0) is 43.9 Å². The maximum absolute atomic E-state index is 9.05. The molecule has 0 atom stereocenters. The highest BCUT2D eigenvalue weighted by Gasteiger charge is 2.36. The predicted molar refractivity (Wildman–Crippen MR) is 78.1 cm³/mol. The van der Waals surface area contributed by atoms with E-state index in [1.807, 2.05) is 0 Å². The molecule has 4 nitrogen and oxygen atoms in total. The van der Waals surface area contributed by atoms with Gasteiger partial charge in [0.05, 0.1) is 0 Å². The normalized spacial score (nSPS) is 22.4. The van der Waals surface area contributed by atoms with E-state index < -0.39 is 0 Å². The second kappa shape index (κ2) is 5.78. The van der Waals surface area contributed by atoms with E-state index in [1.165, 1.54) is 57.8 Å². The first-order valence-electron chi connectivity index (χ1n) is 7.79. The molecule has 0 aromatic carbocycles. The number of aromatic nitrogens is 2. The van der Waals surface area contributed by atoms with Crippen LogP contribution in [0, 0.1) is 16.7 Å². The molecule has 2 fully saturated rings. The lowest BCUT2D eigenvalue weighted by molar-refractivity contribution is 0.118.